The average Bonchev–Trinajstić information content (AvgIpc) is 3.04. The normalized spacial score (nSPS) is 20.5. The third kappa shape index (κ3) is 10.3. The molecule has 4 atom stereocenters. The van der Waals surface area contributed by atoms with Gasteiger partial charge in [-0.3, -0.25) is 14.4 Å². The molecule has 1 aliphatic heterocycles. The van der Waals surface area contributed by atoms with Crippen molar-refractivity contribution in [3.8, 4) is 5.75 Å². The fraction of sp³-hybridized carbons (Fsp3) is 0.457. The number of ether oxygens (including phenoxy) is 2. The van der Waals surface area contributed by atoms with Gasteiger partial charge < -0.3 is 19.5 Å². The number of fused-ring (bicyclic) bond motifs is 1. The third-order valence-corrected chi connectivity index (χ3v) is 10.5. The van der Waals surface area contributed by atoms with Crippen LogP contribution in [0.4, 0.5) is 10.1 Å². The van der Waals surface area contributed by atoms with Crippen molar-refractivity contribution < 1.29 is 32.2 Å². The molecule has 0 aromatic heterocycles. The Hall–Kier alpha value is -2.93. The summed E-state index contributed by atoms with van der Waals surface area (Å²) >= 11 is 12.4. The number of carbonyl (C=O) groups is 1. The molecule has 48 heavy (non-hydrogen) atoms. The lowest BCUT2D eigenvalue weighted by Crippen LogP contribution is -2.47. The van der Waals surface area contributed by atoms with E-state index in [4.69, 9.17) is 32.7 Å². The predicted octanol–water partition coefficient (Wildman–Crippen LogP) is 6.86. The number of anilines is 1. The van der Waals surface area contributed by atoms with E-state index in [-0.39, 0.29) is 47.4 Å². The Balaban J connectivity index is 1.63. The molecule has 0 fully saturated rings. The summed E-state index contributed by atoms with van der Waals surface area (Å²) in [6.07, 6.45) is 1.89. The third-order valence-electron chi connectivity index (χ3n) is 8.36. The monoisotopic (exact) mass is 723 g/mol. The molecule has 0 unspecified atom stereocenters. The number of likely N-dealkylation sites (N-methyl/N-ethyl adjacent to an activating group) is 1. The Labute approximate surface area is 293 Å². The van der Waals surface area contributed by atoms with Gasteiger partial charge in [-0.15, -0.1) is 0 Å². The van der Waals surface area contributed by atoms with E-state index in [1.807, 2.05) is 33.0 Å². The van der Waals surface area contributed by atoms with Crippen molar-refractivity contribution in [2.45, 2.75) is 69.7 Å². The minimum atomic E-state index is -4.08. The highest BCUT2D eigenvalue weighted by Crippen LogP contribution is 2.30. The lowest BCUT2D eigenvalue weighted by Gasteiger charge is -2.36. The van der Waals surface area contributed by atoms with Crippen LogP contribution in [0.15, 0.2) is 65.6 Å². The standard InChI is InChI=1S/C35H44Cl2FN3O6S/c1-23-19-41(24(2)22-42)35(43)30-18-28(39-48(44,45)29-12-9-27(38)10-13-29)11-15-33(30)47-25(3)7-5-6-16-46-34(23)21-40(4)20-26-8-14-31(36)32(37)17-26/h8-15,17-18,23-25,34,39,42H,5-7,16,19-22H2,1-4H3/t23-,24+,25-,34+/m1/s1. The molecule has 1 heterocycles. The Bertz CT molecular complexity index is 1650. The summed E-state index contributed by atoms with van der Waals surface area (Å²) in [6.45, 7) is 7.38. The van der Waals surface area contributed by atoms with Crippen molar-refractivity contribution >= 4 is 44.8 Å². The fourth-order valence-corrected chi connectivity index (χ4v) is 6.97. The molecule has 0 saturated carbocycles. The first-order valence-electron chi connectivity index (χ1n) is 16.0. The van der Waals surface area contributed by atoms with Gasteiger partial charge in [0.15, 0.2) is 0 Å². The van der Waals surface area contributed by atoms with Crippen molar-refractivity contribution in [3.05, 3.63) is 87.7 Å². The lowest BCUT2D eigenvalue weighted by atomic mass is 10.0. The first kappa shape index (κ1) is 37.9. The first-order chi connectivity index (χ1) is 22.8. The Morgan fingerprint density at radius 3 is 2.48 bits per heavy atom. The van der Waals surface area contributed by atoms with Gasteiger partial charge in [-0.1, -0.05) is 36.2 Å². The van der Waals surface area contributed by atoms with Gasteiger partial charge in [0.2, 0.25) is 0 Å². The maximum absolute atomic E-state index is 14.4. The highest BCUT2D eigenvalue weighted by atomic mass is 35.5. The number of rotatable bonds is 9. The Morgan fingerprint density at radius 2 is 1.79 bits per heavy atom. The van der Waals surface area contributed by atoms with Crippen LogP contribution in [-0.2, 0) is 21.3 Å². The van der Waals surface area contributed by atoms with Crippen molar-refractivity contribution in [1.29, 1.82) is 0 Å². The van der Waals surface area contributed by atoms with Crippen molar-refractivity contribution in [2.24, 2.45) is 5.92 Å². The quantitative estimate of drug-likeness (QED) is 0.248. The van der Waals surface area contributed by atoms with Crippen LogP contribution in [0.1, 0.15) is 56.0 Å². The van der Waals surface area contributed by atoms with Crippen molar-refractivity contribution in [1.82, 2.24) is 9.80 Å². The maximum atomic E-state index is 14.4. The Morgan fingerprint density at radius 1 is 1.06 bits per heavy atom. The van der Waals surface area contributed by atoms with Crippen molar-refractivity contribution in [2.75, 3.05) is 38.1 Å². The summed E-state index contributed by atoms with van der Waals surface area (Å²) in [7, 11) is -2.09. The number of aliphatic hydroxyl groups excluding tert-OH is 1. The highest BCUT2D eigenvalue weighted by Gasteiger charge is 2.31. The predicted molar refractivity (Wildman–Crippen MR) is 187 cm³/mol. The van der Waals surface area contributed by atoms with Gasteiger partial charge in [0, 0.05) is 37.8 Å². The van der Waals surface area contributed by atoms with Crippen LogP contribution in [-0.4, -0.2) is 80.8 Å². The number of nitrogens with one attached hydrogen (secondary N) is 1. The van der Waals surface area contributed by atoms with Crippen molar-refractivity contribution in [3.63, 3.8) is 0 Å². The van der Waals surface area contributed by atoms with Crippen LogP contribution >= 0.6 is 23.2 Å². The molecule has 1 aliphatic rings. The summed E-state index contributed by atoms with van der Waals surface area (Å²) in [5.41, 5.74) is 1.29. The zero-order chi connectivity index (χ0) is 35.0. The second kappa shape index (κ2) is 17.1. The lowest BCUT2D eigenvalue weighted by molar-refractivity contribution is -0.0177. The van der Waals surface area contributed by atoms with E-state index in [9.17, 15) is 22.7 Å². The summed E-state index contributed by atoms with van der Waals surface area (Å²) in [6, 6.07) is 14.0. The molecule has 0 saturated heterocycles. The molecule has 3 aromatic carbocycles. The topological polar surface area (TPSA) is 108 Å². The zero-order valence-corrected chi connectivity index (χ0v) is 30.0. The number of hydrogen-bond donors (Lipinski definition) is 2. The van der Waals surface area contributed by atoms with E-state index in [0.29, 0.717) is 41.9 Å². The summed E-state index contributed by atoms with van der Waals surface area (Å²) < 4.78 is 54.8. The number of halogens is 3. The van der Waals surface area contributed by atoms with Crippen LogP contribution in [0.3, 0.4) is 0 Å². The zero-order valence-electron chi connectivity index (χ0n) is 27.7. The minimum Gasteiger partial charge on any atom is -0.490 e. The molecule has 0 spiro atoms. The van der Waals surface area contributed by atoms with E-state index in [0.717, 1.165) is 30.5 Å². The van der Waals surface area contributed by atoms with Gasteiger partial charge >= 0.3 is 0 Å². The van der Waals surface area contributed by atoms with Crippen LogP contribution in [0.2, 0.25) is 10.0 Å². The number of aliphatic hydroxyl groups is 1. The van der Waals surface area contributed by atoms with Gasteiger partial charge in [-0.05, 0) is 100 Å². The number of amides is 1. The van der Waals surface area contributed by atoms with E-state index >= 15 is 0 Å². The molecule has 9 nitrogen and oxygen atoms in total. The molecule has 1 amide bonds. The van der Waals surface area contributed by atoms with Gasteiger partial charge in [0.1, 0.15) is 11.6 Å². The number of sulfonamides is 1. The molecular weight excluding hydrogens is 680 g/mol. The number of hydrogen-bond acceptors (Lipinski definition) is 7. The highest BCUT2D eigenvalue weighted by molar-refractivity contribution is 7.92. The summed E-state index contributed by atoms with van der Waals surface area (Å²) in [5.74, 6) is -0.819. The molecule has 262 valence electrons. The van der Waals surface area contributed by atoms with E-state index in [2.05, 4.69) is 9.62 Å². The number of benzene rings is 3. The molecular formula is C35H44Cl2FN3O6S. The maximum Gasteiger partial charge on any atom is 0.261 e. The van der Waals surface area contributed by atoms with Crippen LogP contribution < -0.4 is 9.46 Å². The van der Waals surface area contributed by atoms with Gasteiger partial charge in [0.05, 0.1) is 45.4 Å². The largest absolute Gasteiger partial charge is 0.490 e. The Kier molecular flexibility index (Phi) is 13.5. The van der Waals surface area contributed by atoms with E-state index in [1.54, 1.807) is 24.0 Å². The van der Waals surface area contributed by atoms with Crippen LogP contribution in [0.5, 0.6) is 5.75 Å². The van der Waals surface area contributed by atoms with Crippen LogP contribution in [0, 0.1) is 11.7 Å². The molecule has 3 aromatic rings. The van der Waals surface area contributed by atoms with Crippen LogP contribution in [0.25, 0.3) is 0 Å². The van der Waals surface area contributed by atoms with Gasteiger partial charge in [-0.2, -0.15) is 0 Å². The summed E-state index contributed by atoms with van der Waals surface area (Å²) in [5, 5.41) is 11.2. The van der Waals surface area contributed by atoms with Gasteiger partial charge in [0.25, 0.3) is 15.9 Å². The molecule has 0 bridgehead atoms. The SMILES string of the molecule is C[C@@H]1CCCCO[C@@H](CN(C)Cc2ccc(Cl)c(Cl)c2)[C@H](C)CN([C@@H](C)CO)C(=O)c2cc(NS(=O)(=O)c3ccc(F)cc3)ccc2O1. The molecule has 0 aliphatic carbocycles. The minimum absolute atomic E-state index is 0.125. The van der Waals surface area contributed by atoms with Gasteiger partial charge in [-0.25, -0.2) is 12.8 Å². The number of nitrogens with zero attached hydrogens (tertiary/aromatic N) is 2. The fourth-order valence-electron chi connectivity index (χ4n) is 5.60. The second-order valence-corrected chi connectivity index (χ2v) is 15.0. The summed E-state index contributed by atoms with van der Waals surface area (Å²) in [4.78, 5) is 17.9. The second-order valence-electron chi connectivity index (χ2n) is 12.5. The molecule has 2 N–H and O–H groups in total. The first-order valence-corrected chi connectivity index (χ1v) is 18.3. The number of carbonyl (C=O) groups excluding carboxylic acids is 1. The van der Waals surface area contributed by atoms with E-state index in [1.165, 1.54) is 24.3 Å². The van der Waals surface area contributed by atoms with E-state index < -0.39 is 27.8 Å². The molecule has 13 heteroatoms. The average molecular weight is 725 g/mol. The molecule has 4 rings (SSSR count). The smallest absolute Gasteiger partial charge is 0.261 e. The molecule has 0 radical (unpaired) electrons.